The van der Waals surface area contributed by atoms with E-state index in [-0.39, 0.29) is 5.15 Å². The van der Waals surface area contributed by atoms with Crippen LogP contribution in [0.25, 0.3) is 0 Å². The Bertz CT molecular complexity index is 462. The number of pyridine rings is 1. The van der Waals surface area contributed by atoms with Gasteiger partial charge in [0.1, 0.15) is 5.15 Å². The van der Waals surface area contributed by atoms with Crippen molar-refractivity contribution in [3.63, 3.8) is 0 Å². The van der Waals surface area contributed by atoms with Crippen LogP contribution in [0.4, 0.5) is 0 Å². The van der Waals surface area contributed by atoms with E-state index < -0.39 is 11.5 Å². The Hall–Kier alpha value is -1.15. The summed E-state index contributed by atoms with van der Waals surface area (Å²) >= 11 is 5.89. The van der Waals surface area contributed by atoms with Gasteiger partial charge in [0.05, 0.1) is 35.5 Å². The highest BCUT2D eigenvalue weighted by Crippen LogP contribution is 2.36. The maximum Gasteiger partial charge on any atom is 0.130 e. The summed E-state index contributed by atoms with van der Waals surface area (Å²) in [5.74, 6) is 0. The first kappa shape index (κ1) is 12.3. The summed E-state index contributed by atoms with van der Waals surface area (Å²) in [7, 11) is 0. The van der Waals surface area contributed by atoms with Gasteiger partial charge in [-0.3, -0.25) is 0 Å². The van der Waals surface area contributed by atoms with Gasteiger partial charge in [-0.1, -0.05) is 11.6 Å². The highest BCUT2D eigenvalue weighted by atomic mass is 35.5. The molecule has 0 amide bonds. The van der Waals surface area contributed by atoms with Crippen molar-refractivity contribution in [1.82, 2.24) is 4.98 Å². The van der Waals surface area contributed by atoms with Gasteiger partial charge in [0.15, 0.2) is 0 Å². The molecule has 1 aromatic rings. The van der Waals surface area contributed by atoms with Crippen molar-refractivity contribution in [2.24, 2.45) is 0 Å². The molecule has 0 bridgehead atoms. The van der Waals surface area contributed by atoms with Crippen LogP contribution in [0.15, 0.2) is 12.1 Å². The minimum absolute atomic E-state index is 0.269. The van der Waals surface area contributed by atoms with Crippen LogP contribution in [-0.2, 0) is 10.2 Å². The molecule has 2 rings (SSSR count). The topological polar surface area (TPSA) is 66.1 Å². The van der Waals surface area contributed by atoms with Gasteiger partial charge < -0.3 is 9.84 Å². The normalized spacial score (nSPS) is 25.5. The third kappa shape index (κ3) is 2.14. The summed E-state index contributed by atoms with van der Waals surface area (Å²) in [6.45, 7) is 2.70. The summed E-state index contributed by atoms with van der Waals surface area (Å²) in [6, 6.07) is 5.23. The Morgan fingerprint density at radius 3 is 2.94 bits per heavy atom. The number of aromatic nitrogens is 1. The van der Waals surface area contributed by atoms with Crippen LogP contribution >= 0.6 is 11.6 Å². The molecule has 0 aliphatic carbocycles. The molecule has 17 heavy (non-hydrogen) atoms. The summed E-state index contributed by atoms with van der Waals surface area (Å²) < 4.78 is 5.36. The van der Waals surface area contributed by atoms with Crippen LogP contribution in [0.3, 0.4) is 0 Å². The minimum Gasteiger partial charge on any atom is -0.392 e. The smallest absolute Gasteiger partial charge is 0.130 e. The fourth-order valence-electron chi connectivity index (χ4n) is 2.14. The van der Waals surface area contributed by atoms with E-state index in [4.69, 9.17) is 21.6 Å². The van der Waals surface area contributed by atoms with E-state index in [2.05, 4.69) is 4.98 Å². The van der Waals surface area contributed by atoms with Crippen molar-refractivity contribution in [2.75, 3.05) is 13.2 Å². The minimum atomic E-state index is -0.595. The molecule has 0 unspecified atom stereocenters. The zero-order chi connectivity index (χ0) is 12.5. The molecule has 0 aromatic carbocycles. The lowest BCUT2D eigenvalue weighted by atomic mass is 9.78. The second-order valence-corrected chi connectivity index (χ2v) is 4.70. The highest BCUT2D eigenvalue weighted by molar-refractivity contribution is 6.29. The molecule has 1 saturated heterocycles. The number of nitriles is 1. The van der Waals surface area contributed by atoms with Crippen molar-refractivity contribution < 1.29 is 9.84 Å². The van der Waals surface area contributed by atoms with Gasteiger partial charge in [-0.15, -0.1) is 0 Å². The lowest BCUT2D eigenvalue weighted by molar-refractivity contribution is 0.0765. The first-order valence-corrected chi connectivity index (χ1v) is 5.80. The summed E-state index contributed by atoms with van der Waals surface area (Å²) in [4.78, 5) is 4.23. The molecule has 1 fully saturated rings. The molecule has 0 radical (unpaired) electrons. The van der Waals surface area contributed by atoms with E-state index in [0.29, 0.717) is 30.9 Å². The molecule has 5 heteroatoms. The van der Waals surface area contributed by atoms with Crippen molar-refractivity contribution in [3.8, 4) is 6.07 Å². The van der Waals surface area contributed by atoms with Crippen LogP contribution in [0.5, 0.6) is 0 Å². The third-order valence-corrected chi connectivity index (χ3v) is 3.48. The molecule has 1 N–H and O–H groups in total. The SMILES string of the molecule is C[C@@H](O)[C@@]1(c2cc(C#N)cc(Cl)n2)CCOC1. The fraction of sp³-hybridized carbons (Fsp3) is 0.500. The van der Waals surface area contributed by atoms with Crippen LogP contribution in [0.1, 0.15) is 24.6 Å². The Morgan fingerprint density at radius 1 is 1.65 bits per heavy atom. The molecule has 0 saturated carbocycles. The number of hydrogen-bond acceptors (Lipinski definition) is 4. The van der Waals surface area contributed by atoms with E-state index in [1.54, 1.807) is 13.0 Å². The molecule has 1 aliphatic rings. The predicted molar refractivity (Wildman–Crippen MR) is 62.8 cm³/mol. The van der Waals surface area contributed by atoms with E-state index in [9.17, 15) is 5.11 Å². The van der Waals surface area contributed by atoms with Gasteiger partial charge in [-0.25, -0.2) is 4.98 Å². The molecule has 90 valence electrons. The fourth-order valence-corrected chi connectivity index (χ4v) is 2.35. The lowest BCUT2D eigenvalue weighted by Crippen LogP contribution is -2.39. The Labute approximate surface area is 105 Å². The average Bonchev–Trinajstić information content (AvgIpc) is 2.78. The number of aliphatic hydroxyl groups excluding tert-OH is 1. The van der Waals surface area contributed by atoms with Crippen LogP contribution < -0.4 is 0 Å². The molecule has 1 aromatic heterocycles. The molecule has 2 heterocycles. The van der Waals surface area contributed by atoms with Crippen LogP contribution in [0, 0.1) is 11.3 Å². The average molecular weight is 253 g/mol. The number of rotatable bonds is 2. The number of halogens is 1. The Balaban J connectivity index is 2.51. The van der Waals surface area contributed by atoms with E-state index >= 15 is 0 Å². The van der Waals surface area contributed by atoms with Gasteiger partial charge in [0.2, 0.25) is 0 Å². The second kappa shape index (κ2) is 4.61. The molecular formula is C12H13ClN2O2. The van der Waals surface area contributed by atoms with Gasteiger partial charge >= 0.3 is 0 Å². The monoisotopic (exact) mass is 252 g/mol. The van der Waals surface area contributed by atoms with Crippen molar-refractivity contribution in [3.05, 3.63) is 28.5 Å². The Kier molecular flexibility index (Phi) is 3.34. The first-order chi connectivity index (χ1) is 8.08. The van der Waals surface area contributed by atoms with E-state index in [1.807, 2.05) is 6.07 Å². The van der Waals surface area contributed by atoms with E-state index in [0.717, 1.165) is 0 Å². The number of hydrogen-bond donors (Lipinski definition) is 1. The largest absolute Gasteiger partial charge is 0.392 e. The Morgan fingerprint density at radius 2 is 2.41 bits per heavy atom. The second-order valence-electron chi connectivity index (χ2n) is 4.31. The number of aliphatic hydroxyl groups is 1. The highest BCUT2D eigenvalue weighted by Gasteiger charge is 2.42. The summed E-state index contributed by atoms with van der Waals surface area (Å²) in [5.41, 5.74) is 0.539. The standard InChI is InChI=1S/C12H13ClN2O2/c1-8(16)12(2-3-17-7-12)10-4-9(6-14)5-11(13)15-10/h4-5,8,16H,2-3,7H2,1H3/t8-,12-/m1/s1. The van der Waals surface area contributed by atoms with Gasteiger partial charge in [-0.2, -0.15) is 5.26 Å². The predicted octanol–water partition coefficient (Wildman–Crippen LogP) is 1.65. The third-order valence-electron chi connectivity index (χ3n) is 3.29. The summed E-state index contributed by atoms with van der Waals surface area (Å²) in [5, 5.41) is 19.2. The van der Waals surface area contributed by atoms with E-state index in [1.165, 1.54) is 6.07 Å². The van der Waals surface area contributed by atoms with Gasteiger partial charge in [0, 0.05) is 6.61 Å². The van der Waals surface area contributed by atoms with Gasteiger partial charge in [0.25, 0.3) is 0 Å². The van der Waals surface area contributed by atoms with Crippen molar-refractivity contribution in [1.29, 1.82) is 5.26 Å². The maximum absolute atomic E-state index is 9.96. The lowest BCUT2D eigenvalue weighted by Gasteiger charge is -2.30. The molecule has 1 aliphatic heterocycles. The van der Waals surface area contributed by atoms with Gasteiger partial charge in [-0.05, 0) is 25.5 Å². The quantitative estimate of drug-likeness (QED) is 0.813. The molecular weight excluding hydrogens is 240 g/mol. The van der Waals surface area contributed by atoms with Crippen molar-refractivity contribution >= 4 is 11.6 Å². The zero-order valence-electron chi connectivity index (χ0n) is 9.48. The van der Waals surface area contributed by atoms with Crippen LogP contribution in [-0.4, -0.2) is 29.4 Å². The first-order valence-electron chi connectivity index (χ1n) is 5.42. The zero-order valence-corrected chi connectivity index (χ0v) is 10.2. The van der Waals surface area contributed by atoms with Crippen LogP contribution in [0.2, 0.25) is 5.15 Å². The summed E-state index contributed by atoms with van der Waals surface area (Å²) in [6.07, 6.45) is 0.0885. The molecule has 0 spiro atoms. The maximum atomic E-state index is 9.96. The van der Waals surface area contributed by atoms with Crippen molar-refractivity contribution in [2.45, 2.75) is 24.9 Å². The molecule has 2 atom stereocenters. The number of nitrogens with zero attached hydrogens (tertiary/aromatic N) is 2. The number of ether oxygens (including phenoxy) is 1. The molecule has 4 nitrogen and oxygen atoms in total.